The fourth-order valence-electron chi connectivity index (χ4n) is 2.75. The van der Waals surface area contributed by atoms with Crippen molar-refractivity contribution in [3.8, 4) is 11.5 Å². The molecule has 0 saturated carbocycles. The lowest BCUT2D eigenvalue weighted by molar-refractivity contribution is -0.165. The van der Waals surface area contributed by atoms with Gasteiger partial charge in [0.15, 0.2) is 17.1 Å². The van der Waals surface area contributed by atoms with E-state index in [0.29, 0.717) is 17.1 Å². The number of piperidine rings is 1. The molecular formula is C16H18N2O7. The Morgan fingerprint density at radius 3 is 2.52 bits per heavy atom. The summed E-state index contributed by atoms with van der Waals surface area (Å²) in [7, 11) is 0. The summed E-state index contributed by atoms with van der Waals surface area (Å²) >= 11 is 0. The van der Waals surface area contributed by atoms with E-state index in [2.05, 4.69) is 5.32 Å². The zero-order valence-electron chi connectivity index (χ0n) is 13.4. The van der Waals surface area contributed by atoms with Crippen LogP contribution in [0.25, 0.3) is 0 Å². The summed E-state index contributed by atoms with van der Waals surface area (Å²) in [6, 6.07) is 4.73. The number of aliphatic carboxylic acids is 1. The number of fused-ring (bicyclic) bond motifs is 1. The van der Waals surface area contributed by atoms with Crippen LogP contribution in [0.2, 0.25) is 0 Å². The van der Waals surface area contributed by atoms with Crippen molar-refractivity contribution in [3.63, 3.8) is 0 Å². The average molecular weight is 350 g/mol. The standard InChI is InChI=1S/C16H18N2O7/c19-13(18-5-3-16(23,4-6-18)15(21)22)8-17-14(20)10-1-2-11-12(7-10)25-9-24-11/h1-2,7,23H,3-6,8-9H2,(H,17,20)(H,21,22). The van der Waals surface area contributed by atoms with E-state index >= 15 is 0 Å². The number of likely N-dealkylation sites (tertiary alicyclic amines) is 1. The number of carboxylic acid groups (broad SMARTS) is 1. The Hall–Kier alpha value is -2.81. The molecule has 9 heteroatoms. The molecule has 0 aliphatic carbocycles. The second-order valence-corrected chi connectivity index (χ2v) is 5.97. The summed E-state index contributed by atoms with van der Waals surface area (Å²) in [6.07, 6.45) is -0.0750. The predicted molar refractivity (Wildman–Crippen MR) is 83.3 cm³/mol. The zero-order chi connectivity index (χ0) is 18.0. The van der Waals surface area contributed by atoms with Gasteiger partial charge in [-0.25, -0.2) is 4.79 Å². The number of aliphatic hydroxyl groups is 1. The lowest BCUT2D eigenvalue weighted by Gasteiger charge is -2.35. The molecule has 0 radical (unpaired) electrons. The Labute approximate surface area is 143 Å². The molecule has 3 rings (SSSR count). The summed E-state index contributed by atoms with van der Waals surface area (Å²) in [4.78, 5) is 36.7. The molecule has 2 heterocycles. The topological polar surface area (TPSA) is 125 Å². The van der Waals surface area contributed by atoms with Crippen LogP contribution in [-0.4, -0.2) is 64.9 Å². The number of benzene rings is 1. The van der Waals surface area contributed by atoms with E-state index in [4.69, 9.17) is 14.6 Å². The van der Waals surface area contributed by atoms with Crippen LogP contribution < -0.4 is 14.8 Å². The number of amides is 2. The number of hydrogen-bond donors (Lipinski definition) is 3. The van der Waals surface area contributed by atoms with E-state index < -0.39 is 17.5 Å². The first-order valence-electron chi connectivity index (χ1n) is 7.80. The molecule has 0 spiro atoms. The first-order chi connectivity index (χ1) is 11.9. The Morgan fingerprint density at radius 2 is 1.84 bits per heavy atom. The normalized spacial score (nSPS) is 17.9. The molecule has 1 saturated heterocycles. The highest BCUT2D eigenvalue weighted by molar-refractivity contribution is 5.97. The first kappa shape index (κ1) is 17.0. The number of carbonyl (C=O) groups excluding carboxylic acids is 2. The van der Waals surface area contributed by atoms with Crippen LogP contribution in [0.5, 0.6) is 11.5 Å². The van der Waals surface area contributed by atoms with Gasteiger partial charge in [-0.2, -0.15) is 0 Å². The third kappa shape index (κ3) is 3.50. The molecule has 0 aromatic heterocycles. The van der Waals surface area contributed by atoms with Crippen molar-refractivity contribution in [2.24, 2.45) is 0 Å². The SMILES string of the molecule is O=C(NCC(=O)N1CCC(O)(C(=O)O)CC1)c1ccc2c(c1)OCO2. The first-order valence-corrected chi connectivity index (χ1v) is 7.80. The molecule has 1 aromatic rings. The van der Waals surface area contributed by atoms with Gasteiger partial charge in [0.2, 0.25) is 12.7 Å². The number of hydrogen-bond acceptors (Lipinski definition) is 6. The zero-order valence-corrected chi connectivity index (χ0v) is 13.4. The van der Waals surface area contributed by atoms with Gasteiger partial charge in [-0.05, 0) is 18.2 Å². The monoisotopic (exact) mass is 350 g/mol. The number of ether oxygens (including phenoxy) is 2. The summed E-state index contributed by atoms with van der Waals surface area (Å²) in [5.74, 6) is -1.00. The largest absolute Gasteiger partial charge is 0.479 e. The molecule has 2 aliphatic heterocycles. The van der Waals surface area contributed by atoms with Crippen LogP contribution in [0.4, 0.5) is 0 Å². The van der Waals surface area contributed by atoms with Crippen LogP contribution in [0.15, 0.2) is 18.2 Å². The van der Waals surface area contributed by atoms with Crippen molar-refractivity contribution in [1.29, 1.82) is 0 Å². The highest BCUT2D eigenvalue weighted by Crippen LogP contribution is 2.32. The van der Waals surface area contributed by atoms with Gasteiger partial charge in [0.1, 0.15) is 0 Å². The van der Waals surface area contributed by atoms with Gasteiger partial charge >= 0.3 is 5.97 Å². The van der Waals surface area contributed by atoms with Crippen LogP contribution in [0, 0.1) is 0 Å². The van der Waals surface area contributed by atoms with Crippen LogP contribution in [-0.2, 0) is 9.59 Å². The second kappa shape index (κ2) is 6.60. The van der Waals surface area contributed by atoms with E-state index in [0.717, 1.165) is 0 Å². The van der Waals surface area contributed by atoms with Crippen molar-refractivity contribution in [1.82, 2.24) is 10.2 Å². The third-order valence-corrected chi connectivity index (χ3v) is 4.38. The molecular weight excluding hydrogens is 332 g/mol. The molecule has 0 atom stereocenters. The van der Waals surface area contributed by atoms with Crippen molar-refractivity contribution < 1.29 is 34.1 Å². The van der Waals surface area contributed by atoms with Gasteiger partial charge in [0.25, 0.3) is 5.91 Å². The van der Waals surface area contributed by atoms with Gasteiger partial charge in [-0.1, -0.05) is 0 Å². The van der Waals surface area contributed by atoms with Crippen molar-refractivity contribution in [2.75, 3.05) is 26.4 Å². The minimum atomic E-state index is -1.79. The number of carbonyl (C=O) groups is 3. The van der Waals surface area contributed by atoms with Gasteiger partial charge in [0, 0.05) is 31.5 Å². The van der Waals surface area contributed by atoms with Gasteiger partial charge in [-0.3, -0.25) is 9.59 Å². The highest BCUT2D eigenvalue weighted by atomic mass is 16.7. The molecule has 0 bridgehead atoms. The van der Waals surface area contributed by atoms with Gasteiger partial charge < -0.3 is 29.9 Å². The fourth-order valence-corrected chi connectivity index (χ4v) is 2.75. The molecule has 1 aromatic carbocycles. The summed E-state index contributed by atoms with van der Waals surface area (Å²) in [5, 5.41) is 21.3. The Morgan fingerprint density at radius 1 is 1.16 bits per heavy atom. The Bertz CT molecular complexity index is 710. The summed E-state index contributed by atoms with van der Waals surface area (Å²) in [6.45, 7) is 0.151. The molecule has 3 N–H and O–H groups in total. The average Bonchev–Trinajstić information content (AvgIpc) is 3.07. The highest BCUT2D eigenvalue weighted by Gasteiger charge is 2.40. The molecule has 2 aliphatic rings. The third-order valence-electron chi connectivity index (χ3n) is 4.38. The maximum atomic E-state index is 12.1. The minimum Gasteiger partial charge on any atom is -0.479 e. The lowest BCUT2D eigenvalue weighted by atomic mass is 9.91. The minimum absolute atomic E-state index is 0.0375. The fraction of sp³-hybridized carbons (Fsp3) is 0.438. The van der Waals surface area contributed by atoms with Crippen molar-refractivity contribution in [3.05, 3.63) is 23.8 Å². The Balaban J connectivity index is 1.51. The van der Waals surface area contributed by atoms with Crippen molar-refractivity contribution >= 4 is 17.8 Å². The van der Waals surface area contributed by atoms with Gasteiger partial charge in [0.05, 0.1) is 6.54 Å². The Kier molecular flexibility index (Phi) is 4.49. The molecule has 25 heavy (non-hydrogen) atoms. The van der Waals surface area contributed by atoms with E-state index in [1.807, 2.05) is 0 Å². The van der Waals surface area contributed by atoms with Crippen LogP contribution in [0.3, 0.4) is 0 Å². The van der Waals surface area contributed by atoms with E-state index in [1.54, 1.807) is 12.1 Å². The molecule has 2 amide bonds. The quantitative estimate of drug-likeness (QED) is 0.673. The van der Waals surface area contributed by atoms with E-state index in [-0.39, 0.29) is 45.2 Å². The summed E-state index contributed by atoms with van der Waals surface area (Å²) in [5.41, 5.74) is -1.44. The maximum absolute atomic E-state index is 12.1. The second-order valence-electron chi connectivity index (χ2n) is 5.97. The smallest absolute Gasteiger partial charge is 0.335 e. The maximum Gasteiger partial charge on any atom is 0.335 e. The van der Waals surface area contributed by atoms with E-state index in [1.165, 1.54) is 11.0 Å². The number of nitrogens with one attached hydrogen (secondary N) is 1. The number of nitrogens with zero attached hydrogens (tertiary/aromatic N) is 1. The summed E-state index contributed by atoms with van der Waals surface area (Å²) < 4.78 is 10.4. The molecule has 9 nitrogen and oxygen atoms in total. The molecule has 134 valence electrons. The lowest BCUT2D eigenvalue weighted by Crippen LogP contribution is -2.52. The van der Waals surface area contributed by atoms with Crippen molar-refractivity contribution in [2.45, 2.75) is 18.4 Å². The van der Waals surface area contributed by atoms with Gasteiger partial charge in [-0.15, -0.1) is 0 Å². The van der Waals surface area contributed by atoms with Crippen LogP contribution in [0.1, 0.15) is 23.2 Å². The molecule has 0 unspecified atom stereocenters. The van der Waals surface area contributed by atoms with Crippen LogP contribution >= 0.6 is 0 Å². The van der Waals surface area contributed by atoms with E-state index in [9.17, 15) is 19.5 Å². The molecule has 1 fully saturated rings. The number of carboxylic acids is 1. The number of rotatable bonds is 4. The predicted octanol–water partition coefficient (Wildman–Crippen LogP) is -0.417.